The van der Waals surface area contributed by atoms with E-state index in [1.54, 1.807) is 0 Å². The summed E-state index contributed by atoms with van der Waals surface area (Å²) < 4.78 is 216. The third kappa shape index (κ3) is 6.42. The van der Waals surface area contributed by atoms with Crippen LogP contribution in [-0.2, 0) is 9.47 Å². The fraction of sp³-hybridized carbons (Fsp3) is 0.400. The maximum atomic E-state index is 13.8. The van der Waals surface area contributed by atoms with E-state index in [9.17, 15) is 75.4 Å². The number of alkyl halides is 16. The van der Waals surface area contributed by atoms with Gasteiger partial charge in [-0.25, -0.2) is 9.47 Å². The Kier molecular flexibility index (Phi) is 8.55. The highest BCUT2D eigenvalue weighted by molar-refractivity contribution is 5.64. The van der Waals surface area contributed by atoms with Crippen molar-refractivity contribution in [1.29, 1.82) is 0 Å². The first kappa shape index (κ1) is 33.0. The van der Waals surface area contributed by atoms with E-state index in [1.165, 1.54) is 29.0 Å². The Bertz CT molecular complexity index is 1150. The summed E-state index contributed by atoms with van der Waals surface area (Å²) in [5.41, 5.74) is 0.676. The van der Waals surface area contributed by atoms with Crippen molar-refractivity contribution in [3.8, 4) is 22.6 Å². The molecule has 2 rings (SSSR count). The first-order valence-corrected chi connectivity index (χ1v) is 9.71. The largest absolute Gasteiger partial charge is 0.508 e. The summed E-state index contributed by atoms with van der Waals surface area (Å²) in [5.74, 6) is -16.9. The molecule has 0 aromatic heterocycles. The normalized spacial score (nSPS) is 15.2. The second-order valence-electron chi connectivity index (χ2n) is 7.47. The van der Waals surface area contributed by atoms with Gasteiger partial charge in [-0.2, -0.15) is 70.2 Å². The van der Waals surface area contributed by atoms with Crippen molar-refractivity contribution in [1.82, 2.24) is 0 Å². The van der Waals surface area contributed by atoms with Gasteiger partial charge in [0.25, 0.3) is 0 Å². The average Bonchev–Trinajstić information content (AvgIpc) is 2.77. The van der Waals surface area contributed by atoms with E-state index in [1.807, 2.05) is 0 Å². The Morgan fingerprint density at radius 2 is 0.925 bits per heavy atom. The minimum Gasteiger partial charge on any atom is -0.508 e. The van der Waals surface area contributed by atoms with Crippen LogP contribution in [0.15, 0.2) is 48.5 Å². The van der Waals surface area contributed by atoms with Gasteiger partial charge in [0, 0.05) is 0 Å². The molecule has 0 saturated heterocycles. The second-order valence-corrected chi connectivity index (χ2v) is 7.47. The molecule has 226 valence electrons. The summed E-state index contributed by atoms with van der Waals surface area (Å²) in [6, 6.07) is 8.75. The number of rotatable bonds is 11. The van der Waals surface area contributed by atoms with Crippen molar-refractivity contribution in [2.45, 2.75) is 48.8 Å². The Morgan fingerprint density at radius 1 is 0.525 bits per heavy atom. The number of phenols is 1. The number of hydrogen-bond acceptors (Lipinski definition) is 4. The molecule has 20 heteroatoms. The van der Waals surface area contributed by atoms with E-state index in [0.717, 1.165) is 24.3 Å². The second kappa shape index (κ2) is 10.3. The van der Waals surface area contributed by atoms with Crippen LogP contribution in [-0.4, -0.2) is 53.9 Å². The molecule has 1 unspecified atom stereocenters. The molecule has 2 aromatic rings. The summed E-state index contributed by atoms with van der Waals surface area (Å²) in [4.78, 5) is 0. The summed E-state index contributed by atoms with van der Waals surface area (Å²) in [5, 5.41) is 9.21. The van der Waals surface area contributed by atoms with Gasteiger partial charge in [-0.1, -0.05) is 24.3 Å². The molecule has 0 fully saturated rings. The fourth-order valence-electron chi connectivity index (χ4n) is 2.49. The van der Waals surface area contributed by atoms with Crippen LogP contribution in [0.2, 0.25) is 0 Å². The minimum absolute atomic E-state index is 0.143. The molecule has 1 N–H and O–H groups in total. The minimum atomic E-state index is -8.00. The van der Waals surface area contributed by atoms with Crippen molar-refractivity contribution < 1.29 is 89.6 Å². The van der Waals surface area contributed by atoms with Crippen LogP contribution in [0.5, 0.6) is 11.5 Å². The zero-order valence-electron chi connectivity index (χ0n) is 18.4. The van der Waals surface area contributed by atoms with Crippen LogP contribution in [0.25, 0.3) is 11.1 Å². The molecule has 40 heavy (non-hydrogen) atoms. The molecule has 0 spiro atoms. The Morgan fingerprint density at radius 3 is 1.35 bits per heavy atom. The van der Waals surface area contributed by atoms with Gasteiger partial charge in [-0.3, -0.25) is 0 Å². The van der Waals surface area contributed by atoms with Gasteiger partial charge in [0.2, 0.25) is 0 Å². The lowest BCUT2D eigenvalue weighted by molar-refractivity contribution is -0.547. The summed E-state index contributed by atoms with van der Waals surface area (Å²) in [7, 11) is 0. The molecule has 0 radical (unpaired) electrons. The molecule has 0 amide bonds. The van der Waals surface area contributed by atoms with E-state index < -0.39 is 54.6 Å². The van der Waals surface area contributed by atoms with Gasteiger partial charge in [0.1, 0.15) is 11.5 Å². The molecular formula is C20H10F16O4. The monoisotopic (exact) mass is 618 g/mol. The smallest absolute Gasteiger partial charge is 0.460 e. The Balaban J connectivity index is 2.19. The van der Waals surface area contributed by atoms with Crippen LogP contribution in [0.4, 0.5) is 70.2 Å². The van der Waals surface area contributed by atoms with Crippen molar-refractivity contribution in [2.24, 2.45) is 0 Å². The summed E-state index contributed by atoms with van der Waals surface area (Å²) in [6.45, 7) is 0. The highest BCUT2D eigenvalue weighted by Crippen LogP contribution is 2.56. The van der Waals surface area contributed by atoms with Crippen LogP contribution in [0.1, 0.15) is 0 Å². The number of halogens is 16. The number of hydrogen-bond donors (Lipinski definition) is 1. The standard InChI is InChI=1S/C20H10F16O4/c21-13(38-12-7-3-10(4-8-12)9-1-5-11(37)6-2-9)14(22,23)39-19(33,34)20(35,36)40-18(31,32)16(26,27)15(24,25)17(28,29)30/h1-8,13,37H. The highest BCUT2D eigenvalue weighted by Gasteiger charge is 2.85. The van der Waals surface area contributed by atoms with Gasteiger partial charge in [-0.05, 0) is 35.4 Å². The summed E-state index contributed by atoms with van der Waals surface area (Å²) in [6.07, 6.45) is -40.9. The molecule has 0 aliphatic carbocycles. The highest BCUT2D eigenvalue weighted by atomic mass is 19.4. The lowest BCUT2D eigenvalue weighted by Crippen LogP contribution is -2.64. The lowest BCUT2D eigenvalue weighted by Gasteiger charge is -2.36. The van der Waals surface area contributed by atoms with E-state index in [-0.39, 0.29) is 11.3 Å². The van der Waals surface area contributed by atoms with E-state index in [0.29, 0.717) is 5.56 Å². The van der Waals surface area contributed by atoms with E-state index in [4.69, 9.17) is 0 Å². The molecule has 4 nitrogen and oxygen atoms in total. The van der Waals surface area contributed by atoms with Gasteiger partial charge >= 0.3 is 48.8 Å². The third-order valence-corrected chi connectivity index (χ3v) is 4.53. The third-order valence-electron chi connectivity index (χ3n) is 4.53. The Hall–Kier alpha value is -3.16. The van der Waals surface area contributed by atoms with Crippen LogP contribution < -0.4 is 4.74 Å². The number of benzene rings is 2. The number of ether oxygens (including phenoxy) is 3. The fourth-order valence-corrected chi connectivity index (χ4v) is 2.49. The first-order chi connectivity index (χ1) is 17.8. The molecule has 0 saturated carbocycles. The van der Waals surface area contributed by atoms with Crippen molar-refractivity contribution >= 4 is 0 Å². The molecule has 0 bridgehead atoms. The average molecular weight is 618 g/mol. The predicted molar refractivity (Wildman–Crippen MR) is 97.0 cm³/mol. The SMILES string of the molecule is Oc1ccc(-c2ccc(OC(F)C(F)(F)OC(F)(F)C(F)(F)OC(F)(F)C(F)(F)C(F)(F)C(F)(F)F)cc2)cc1. The first-order valence-electron chi connectivity index (χ1n) is 9.71. The van der Waals surface area contributed by atoms with Gasteiger partial charge in [0.15, 0.2) is 0 Å². The van der Waals surface area contributed by atoms with Crippen LogP contribution in [0, 0.1) is 0 Å². The maximum Gasteiger partial charge on any atom is 0.460 e. The topological polar surface area (TPSA) is 47.9 Å². The van der Waals surface area contributed by atoms with E-state index in [2.05, 4.69) is 9.47 Å². The van der Waals surface area contributed by atoms with Crippen molar-refractivity contribution in [3.63, 3.8) is 0 Å². The van der Waals surface area contributed by atoms with Crippen molar-refractivity contribution in [3.05, 3.63) is 48.5 Å². The van der Waals surface area contributed by atoms with Gasteiger partial charge in [0.05, 0.1) is 0 Å². The molecule has 1 atom stereocenters. The quantitative estimate of drug-likeness (QED) is 0.260. The van der Waals surface area contributed by atoms with Crippen molar-refractivity contribution in [2.75, 3.05) is 0 Å². The molecule has 2 aromatic carbocycles. The van der Waals surface area contributed by atoms with Crippen LogP contribution >= 0.6 is 0 Å². The summed E-state index contributed by atoms with van der Waals surface area (Å²) >= 11 is 0. The molecular weight excluding hydrogens is 608 g/mol. The zero-order valence-corrected chi connectivity index (χ0v) is 18.4. The van der Waals surface area contributed by atoms with Gasteiger partial charge < -0.3 is 9.84 Å². The molecule has 0 aliphatic rings. The Labute approximate surface area is 210 Å². The van der Waals surface area contributed by atoms with Gasteiger partial charge in [-0.15, -0.1) is 0 Å². The number of phenolic OH excluding ortho intramolecular Hbond substituents is 1. The van der Waals surface area contributed by atoms with Crippen LogP contribution in [0.3, 0.4) is 0 Å². The number of aromatic hydroxyl groups is 1. The zero-order chi connectivity index (χ0) is 31.2. The maximum absolute atomic E-state index is 13.8. The molecule has 0 heterocycles. The predicted octanol–water partition coefficient (Wildman–Crippen LogP) is 7.97. The molecule has 0 aliphatic heterocycles. The van der Waals surface area contributed by atoms with E-state index >= 15 is 0 Å². The lowest BCUT2D eigenvalue weighted by atomic mass is 10.1.